The lowest BCUT2D eigenvalue weighted by Crippen LogP contribution is -2.17. The summed E-state index contributed by atoms with van der Waals surface area (Å²) in [4.78, 5) is 12.3. The van der Waals surface area contributed by atoms with Gasteiger partial charge in [-0.15, -0.1) is 0 Å². The van der Waals surface area contributed by atoms with Crippen molar-refractivity contribution in [3.8, 4) is 0 Å². The summed E-state index contributed by atoms with van der Waals surface area (Å²) in [6.07, 6.45) is 4.29. The van der Waals surface area contributed by atoms with Crippen molar-refractivity contribution >= 4 is 23.3 Å². The van der Waals surface area contributed by atoms with Gasteiger partial charge in [-0.1, -0.05) is 17.7 Å². The van der Waals surface area contributed by atoms with Gasteiger partial charge >= 0.3 is 0 Å². The quantitative estimate of drug-likeness (QED) is 0.936. The number of benzene rings is 1. The highest BCUT2D eigenvalue weighted by atomic mass is 35.5. The van der Waals surface area contributed by atoms with Gasteiger partial charge in [0.15, 0.2) is 0 Å². The number of nitrogens with zero attached hydrogens (tertiary/aromatic N) is 2. The summed E-state index contributed by atoms with van der Waals surface area (Å²) in [6, 6.07) is 6.93. The molecule has 1 aromatic carbocycles. The van der Waals surface area contributed by atoms with Crippen LogP contribution in [0, 0.1) is 12.8 Å². The lowest BCUT2D eigenvalue weighted by molar-refractivity contribution is 0.102. The number of aromatic nitrogens is 2. The molecule has 1 heterocycles. The smallest absolute Gasteiger partial charge is 0.256 e. The Hall–Kier alpha value is -1.81. The number of anilines is 1. The standard InChI is InChI=1S/C15H16ClN3O/c1-10-8-17-19(9-11-5-6-11)14(10)18-15(20)12-3-2-4-13(16)7-12/h2-4,7-8,11H,5-6,9H2,1H3,(H,18,20). The molecule has 1 saturated carbocycles. The number of aryl methyl sites for hydroxylation is 1. The lowest BCUT2D eigenvalue weighted by atomic mass is 10.2. The second-order valence-corrected chi connectivity index (χ2v) is 5.70. The van der Waals surface area contributed by atoms with E-state index in [1.807, 2.05) is 11.6 Å². The van der Waals surface area contributed by atoms with Gasteiger partial charge in [0.1, 0.15) is 5.82 Å². The normalized spacial score (nSPS) is 14.3. The Morgan fingerprint density at radius 2 is 2.30 bits per heavy atom. The minimum atomic E-state index is -0.159. The van der Waals surface area contributed by atoms with Gasteiger partial charge in [0, 0.05) is 22.7 Å². The topological polar surface area (TPSA) is 46.9 Å². The summed E-state index contributed by atoms with van der Waals surface area (Å²) in [5, 5.41) is 7.83. The van der Waals surface area contributed by atoms with E-state index in [0.717, 1.165) is 17.9 Å². The molecule has 0 bridgehead atoms. The fourth-order valence-electron chi connectivity index (χ4n) is 2.13. The van der Waals surface area contributed by atoms with Crippen LogP contribution in [0.15, 0.2) is 30.5 Å². The highest BCUT2D eigenvalue weighted by molar-refractivity contribution is 6.31. The molecule has 1 aliphatic carbocycles. The average Bonchev–Trinajstić information content (AvgIpc) is 3.18. The molecule has 4 nitrogen and oxygen atoms in total. The first-order valence-electron chi connectivity index (χ1n) is 6.73. The summed E-state index contributed by atoms with van der Waals surface area (Å²) >= 11 is 5.91. The number of carbonyl (C=O) groups excluding carboxylic acids is 1. The van der Waals surface area contributed by atoms with Crippen LogP contribution in [0.2, 0.25) is 5.02 Å². The van der Waals surface area contributed by atoms with Gasteiger partial charge in [-0.25, -0.2) is 4.68 Å². The molecule has 0 saturated heterocycles. The summed E-state index contributed by atoms with van der Waals surface area (Å²) in [5.74, 6) is 1.33. The third-order valence-electron chi connectivity index (χ3n) is 3.47. The maximum atomic E-state index is 12.3. The van der Waals surface area contributed by atoms with Crippen molar-refractivity contribution in [3.05, 3.63) is 46.6 Å². The molecule has 0 unspecified atom stereocenters. The molecule has 1 amide bonds. The molecule has 104 valence electrons. The molecule has 1 fully saturated rings. The van der Waals surface area contributed by atoms with Crippen molar-refractivity contribution in [2.45, 2.75) is 26.3 Å². The first-order valence-corrected chi connectivity index (χ1v) is 7.10. The van der Waals surface area contributed by atoms with Gasteiger partial charge in [-0.05, 0) is 43.9 Å². The third-order valence-corrected chi connectivity index (χ3v) is 3.70. The van der Waals surface area contributed by atoms with Gasteiger partial charge in [0.2, 0.25) is 0 Å². The highest BCUT2D eigenvalue weighted by Gasteiger charge is 2.24. The van der Waals surface area contributed by atoms with E-state index in [0.29, 0.717) is 16.5 Å². The number of hydrogen-bond donors (Lipinski definition) is 1. The number of nitrogens with one attached hydrogen (secondary N) is 1. The Morgan fingerprint density at radius 3 is 3.00 bits per heavy atom. The predicted molar refractivity (Wildman–Crippen MR) is 79.1 cm³/mol. The van der Waals surface area contributed by atoms with Crippen molar-refractivity contribution < 1.29 is 4.79 Å². The third kappa shape index (κ3) is 2.85. The second-order valence-electron chi connectivity index (χ2n) is 5.27. The summed E-state index contributed by atoms with van der Waals surface area (Å²) < 4.78 is 1.88. The average molecular weight is 290 g/mol. The molecule has 0 atom stereocenters. The van der Waals surface area contributed by atoms with Crippen LogP contribution in [0.25, 0.3) is 0 Å². The van der Waals surface area contributed by atoms with Crippen LogP contribution in [-0.4, -0.2) is 15.7 Å². The van der Waals surface area contributed by atoms with Gasteiger partial charge in [0.05, 0.1) is 6.20 Å². The summed E-state index contributed by atoms with van der Waals surface area (Å²) in [7, 11) is 0. The van der Waals surface area contributed by atoms with Gasteiger partial charge in [-0.2, -0.15) is 5.10 Å². The zero-order valence-electron chi connectivity index (χ0n) is 11.3. The van der Waals surface area contributed by atoms with E-state index >= 15 is 0 Å². The Morgan fingerprint density at radius 1 is 1.50 bits per heavy atom. The van der Waals surface area contributed by atoms with Crippen molar-refractivity contribution in [3.63, 3.8) is 0 Å². The van der Waals surface area contributed by atoms with Crippen LogP contribution in [0.4, 0.5) is 5.82 Å². The van der Waals surface area contributed by atoms with Crippen molar-refractivity contribution in [1.29, 1.82) is 0 Å². The fourth-order valence-corrected chi connectivity index (χ4v) is 2.32. The number of hydrogen-bond acceptors (Lipinski definition) is 2. The summed E-state index contributed by atoms with van der Waals surface area (Å²) in [6.45, 7) is 2.82. The molecule has 5 heteroatoms. The van der Waals surface area contributed by atoms with Crippen LogP contribution in [0.1, 0.15) is 28.8 Å². The van der Waals surface area contributed by atoms with Crippen LogP contribution < -0.4 is 5.32 Å². The Balaban J connectivity index is 1.79. The van der Waals surface area contributed by atoms with E-state index in [1.165, 1.54) is 12.8 Å². The van der Waals surface area contributed by atoms with Crippen molar-refractivity contribution in [2.24, 2.45) is 5.92 Å². The molecular formula is C15H16ClN3O. The summed E-state index contributed by atoms with van der Waals surface area (Å²) in [5.41, 5.74) is 1.53. The highest BCUT2D eigenvalue weighted by Crippen LogP contribution is 2.32. The van der Waals surface area contributed by atoms with E-state index in [-0.39, 0.29) is 5.91 Å². The first kappa shape index (κ1) is 13.2. The zero-order chi connectivity index (χ0) is 14.1. The Labute approximate surface area is 122 Å². The van der Waals surface area contributed by atoms with Crippen LogP contribution >= 0.6 is 11.6 Å². The first-order chi connectivity index (χ1) is 9.63. The van der Waals surface area contributed by atoms with E-state index in [9.17, 15) is 4.79 Å². The number of rotatable bonds is 4. The van der Waals surface area contributed by atoms with E-state index in [4.69, 9.17) is 11.6 Å². The van der Waals surface area contributed by atoms with E-state index in [1.54, 1.807) is 30.5 Å². The maximum Gasteiger partial charge on any atom is 0.256 e. The SMILES string of the molecule is Cc1cnn(CC2CC2)c1NC(=O)c1cccc(Cl)c1. The van der Waals surface area contributed by atoms with Crippen molar-refractivity contribution in [1.82, 2.24) is 9.78 Å². The molecule has 20 heavy (non-hydrogen) atoms. The predicted octanol–water partition coefficient (Wildman–Crippen LogP) is 3.51. The van der Waals surface area contributed by atoms with Crippen molar-refractivity contribution in [2.75, 3.05) is 5.32 Å². The second kappa shape index (κ2) is 5.29. The fraction of sp³-hybridized carbons (Fsp3) is 0.333. The molecule has 1 aromatic heterocycles. The molecule has 0 spiro atoms. The molecule has 3 rings (SSSR count). The molecule has 2 aromatic rings. The maximum absolute atomic E-state index is 12.3. The molecule has 1 N–H and O–H groups in total. The molecular weight excluding hydrogens is 274 g/mol. The largest absolute Gasteiger partial charge is 0.307 e. The van der Waals surface area contributed by atoms with Crippen LogP contribution in [0.3, 0.4) is 0 Å². The molecule has 0 aliphatic heterocycles. The van der Waals surface area contributed by atoms with E-state index < -0.39 is 0 Å². The number of halogens is 1. The van der Waals surface area contributed by atoms with Crippen LogP contribution in [-0.2, 0) is 6.54 Å². The van der Waals surface area contributed by atoms with Gasteiger partial charge in [-0.3, -0.25) is 4.79 Å². The van der Waals surface area contributed by atoms with Gasteiger partial charge < -0.3 is 5.32 Å². The number of amides is 1. The minimum absolute atomic E-state index is 0.159. The minimum Gasteiger partial charge on any atom is -0.307 e. The molecule has 1 aliphatic rings. The number of carbonyl (C=O) groups is 1. The lowest BCUT2D eigenvalue weighted by Gasteiger charge is -2.10. The van der Waals surface area contributed by atoms with Gasteiger partial charge in [0.25, 0.3) is 5.91 Å². The Kier molecular flexibility index (Phi) is 3.49. The monoisotopic (exact) mass is 289 g/mol. The van der Waals surface area contributed by atoms with Crippen LogP contribution in [0.5, 0.6) is 0 Å². The zero-order valence-corrected chi connectivity index (χ0v) is 12.0. The Bertz CT molecular complexity index is 646. The molecule has 0 radical (unpaired) electrons. The van der Waals surface area contributed by atoms with E-state index in [2.05, 4.69) is 10.4 Å².